The Morgan fingerprint density at radius 2 is 2.00 bits per heavy atom. The predicted molar refractivity (Wildman–Crippen MR) is 33.0 cm³/mol. The van der Waals surface area contributed by atoms with Gasteiger partial charge < -0.3 is 10.5 Å². The van der Waals surface area contributed by atoms with Crippen LogP contribution in [0, 0.1) is 0 Å². The topological polar surface area (TPSA) is 35.2 Å². The second kappa shape index (κ2) is 2.64. The first-order chi connectivity index (χ1) is 4.91. The second-order valence-corrected chi connectivity index (χ2v) is 2.81. The summed E-state index contributed by atoms with van der Waals surface area (Å²) >= 11 is 0. The van der Waals surface area contributed by atoms with Crippen LogP contribution < -0.4 is 5.73 Å². The van der Waals surface area contributed by atoms with E-state index in [4.69, 9.17) is 5.73 Å². The molecule has 0 saturated carbocycles. The molecule has 0 aromatic rings. The van der Waals surface area contributed by atoms with Crippen LogP contribution in [0.3, 0.4) is 0 Å². The van der Waals surface area contributed by atoms with Crippen molar-refractivity contribution in [1.82, 2.24) is 0 Å². The molecule has 0 bridgehead atoms. The van der Waals surface area contributed by atoms with E-state index in [0.29, 0.717) is 0 Å². The van der Waals surface area contributed by atoms with E-state index in [2.05, 4.69) is 4.74 Å². The normalized spacial score (nSPS) is 39.5. The van der Waals surface area contributed by atoms with Crippen LogP contribution in [-0.4, -0.2) is 24.4 Å². The Balaban J connectivity index is 2.60. The van der Waals surface area contributed by atoms with Crippen molar-refractivity contribution < 1.29 is 17.9 Å². The fourth-order valence-electron chi connectivity index (χ4n) is 1.23. The zero-order chi connectivity index (χ0) is 8.65. The minimum absolute atomic E-state index is 0.282. The SMILES string of the molecule is C[C@H]1C[C@@H](N)[C@@H](C(F)(F)F)O1. The van der Waals surface area contributed by atoms with Gasteiger partial charge in [0.1, 0.15) is 0 Å². The monoisotopic (exact) mass is 169 g/mol. The Labute approximate surface area is 62.5 Å². The molecule has 1 rings (SSSR count). The third kappa shape index (κ3) is 1.84. The fraction of sp³-hybridized carbons (Fsp3) is 1.00. The molecule has 11 heavy (non-hydrogen) atoms. The minimum atomic E-state index is -4.32. The molecule has 0 spiro atoms. The van der Waals surface area contributed by atoms with Crippen molar-refractivity contribution in [2.24, 2.45) is 5.73 Å². The number of hydrogen-bond acceptors (Lipinski definition) is 2. The lowest BCUT2D eigenvalue weighted by atomic mass is 10.1. The molecule has 1 aliphatic heterocycles. The summed E-state index contributed by atoms with van der Waals surface area (Å²) in [6, 6.07) is -0.898. The van der Waals surface area contributed by atoms with Gasteiger partial charge in [0.25, 0.3) is 0 Å². The van der Waals surface area contributed by atoms with Crippen LogP contribution in [-0.2, 0) is 4.74 Å². The summed E-state index contributed by atoms with van der Waals surface area (Å²) in [5.74, 6) is 0. The Morgan fingerprint density at radius 3 is 2.18 bits per heavy atom. The highest BCUT2D eigenvalue weighted by Crippen LogP contribution is 2.32. The largest absolute Gasteiger partial charge is 0.416 e. The molecular weight excluding hydrogens is 159 g/mol. The summed E-state index contributed by atoms with van der Waals surface area (Å²) in [5.41, 5.74) is 5.21. The maximum Gasteiger partial charge on any atom is 0.416 e. The molecule has 3 atom stereocenters. The van der Waals surface area contributed by atoms with Crippen LogP contribution in [0.4, 0.5) is 13.2 Å². The summed E-state index contributed by atoms with van der Waals surface area (Å²) in [5, 5.41) is 0. The predicted octanol–water partition coefficient (Wildman–Crippen LogP) is 1.05. The Morgan fingerprint density at radius 1 is 1.45 bits per heavy atom. The Kier molecular flexibility index (Phi) is 2.11. The standard InChI is InChI=1S/C6H10F3NO/c1-3-2-4(10)5(11-3)6(7,8)9/h3-5H,2,10H2,1H3/t3-,4+,5-/m0/s1. The molecule has 2 nitrogen and oxygen atoms in total. The van der Waals surface area contributed by atoms with Gasteiger partial charge in [0.2, 0.25) is 0 Å². The molecule has 66 valence electrons. The average Bonchev–Trinajstić information content (AvgIpc) is 2.08. The highest BCUT2D eigenvalue weighted by atomic mass is 19.4. The number of ether oxygens (including phenoxy) is 1. The third-order valence-corrected chi connectivity index (χ3v) is 1.69. The highest BCUT2D eigenvalue weighted by molar-refractivity contribution is 4.87. The molecule has 0 aromatic heterocycles. The van der Waals surface area contributed by atoms with Gasteiger partial charge in [-0.25, -0.2) is 0 Å². The molecule has 1 aliphatic rings. The van der Waals surface area contributed by atoms with E-state index in [9.17, 15) is 13.2 Å². The van der Waals surface area contributed by atoms with Crippen molar-refractivity contribution in [2.75, 3.05) is 0 Å². The lowest BCUT2D eigenvalue weighted by Crippen LogP contribution is -2.41. The van der Waals surface area contributed by atoms with Crippen molar-refractivity contribution in [3.63, 3.8) is 0 Å². The Hall–Kier alpha value is -0.290. The fourth-order valence-corrected chi connectivity index (χ4v) is 1.23. The van der Waals surface area contributed by atoms with Crippen molar-refractivity contribution in [3.05, 3.63) is 0 Å². The maximum absolute atomic E-state index is 12.0. The van der Waals surface area contributed by atoms with E-state index in [-0.39, 0.29) is 12.5 Å². The molecule has 1 saturated heterocycles. The zero-order valence-corrected chi connectivity index (χ0v) is 6.06. The number of rotatable bonds is 0. The van der Waals surface area contributed by atoms with Gasteiger partial charge in [-0.3, -0.25) is 0 Å². The maximum atomic E-state index is 12.0. The lowest BCUT2D eigenvalue weighted by molar-refractivity contribution is -0.216. The van der Waals surface area contributed by atoms with Crippen LogP contribution >= 0.6 is 0 Å². The van der Waals surface area contributed by atoms with Crippen molar-refractivity contribution in [3.8, 4) is 0 Å². The summed E-state index contributed by atoms with van der Waals surface area (Å²) < 4.78 is 40.5. The molecular formula is C6H10F3NO. The van der Waals surface area contributed by atoms with E-state index in [0.717, 1.165) is 0 Å². The van der Waals surface area contributed by atoms with Gasteiger partial charge in [0, 0.05) is 6.04 Å². The van der Waals surface area contributed by atoms with Crippen LogP contribution in [0.15, 0.2) is 0 Å². The van der Waals surface area contributed by atoms with Crippen molar-refractivity contribution in [1.29, 1.82) is 0 Å². The molecule has 1 fully saturated rings. The molecule has 5 heteroatoms. The summed E-state index contributed by atoms with van der Waals surface area (Å²) in [7, 11) is 0. The van der Waals surface area contributed by atoms with Gasteiger partial charge >= 0.3 is 6.18 Å². The van der Waals surface area contributed by atoms with Crippen LogP contribution in [0.25, 0.3) is 0 Å². The van der Waals surface area contributed by atoms with Gasteiger partial charge in [-0.2, -0.15) is 13.2 Å². The first-order valence-corrected chi connectivity index (χ1v) is 3.39. The van der Waals surface area contributed by atoms with E-state index in [1.165, 1.54) is 0 Å². The zero-order valence-electron chi connectivity index (χ0n) is 6.06. The van der Waals surface area contributed by atoms with Gasteiger partial charge in [-0.15, -0.1) is 0 Å². The molecule has 0 amide bonds. The highest BCUT2D eigenvalue weighted by Gasteiger charge is 2.49. The summed E-state index contributed by atoms with van der Waals surface area (Å²) in [6.45, 7) is 1.59. The second-order valence-electron chi connectivity index (χ2n) is 2.81. The lowest BCUT2D eigenvalue weighted by Gasteiger charge is -2.17. The van der Waals surface area contributed by atoms with Crippen LogP contribution in [0.2, 0.25) is 0 Å². The van der Waals surface area contributed by atoms with Crippen LogP contribution in [0.1, 0.15) is 13.3 Å². The number of nitrogens with two attached hydrogens (primary N) is 1. The van der Waals surface area contributed by atoms with E-state index in [1.54, 1.807) is 6.92 Å². The number of hydrogen-bond donors (Lipinski definition) is 1. The molecule has 2 N–H and O–H groups in total. The third-order valence-electron chi connectivity index (χ3n) is 1.69. The molecule has 0 aliphatic carbocycles. The van der Waals surface area contributed by atoms with Crippen molar-refractivity contribution >= 4 is 0 Å². The summed E-state index contributed by atoms with van der Waals surface area (Å²) in [6.07, 6.45) is -6.18. The quantitative estimate of drug-likeness (QED) is 0.588. The van der Waals surface area contributed by atoms with E-state index >= 15 is 0 Å². The first kappa shape index (κ1) is 8.80. The minimum Gasteiger partial charge on any atom is -0.364 e. The molecule has 0 aromatic carbocycles. The number of alkyl halides is 3. The number of halogens is 3. The molecule has 0 unspecified atom stereocenters. The molecule has 1 heterocycles. The van der Waals surface area contributed by atoms with Crippen molar-refractivity contribution in [2.45, 2.75) is 37.8 Å². The van der Waals surface area contributed by atoms with Gasteiger partial charge in [-0.05, 0) is 13.3 Å². The first-order valence-electron chi connectivity index (χ1n) is 3.39. The van der Waals surface area contributed by atoms with Gasteiger partial charge in [-0.1, -0.05) is 0 Å². The van der Waals surface area contributed by atoms with Crippen LogP contribution in [0.5, 0.6) is 0 Å². The smallest absolute Gasteiger partial charge is 0.364 e. The Bertz CT molecular complexity index is 147. The summed E-state index contributed by atoms with van der Waals surface area (Å²) in [4.78, 5) is 0. The molecule has 0 radical (unpaired) electrons. The van der Waals surface area contributed by atoms with Gasteiger partial charge in [0.05, 0.1) is 6.10 Å². The average molecular weight is 169 g/mol. The van der Waals surface area contributed by atoms with Gasteiger partial charge in [0.15, 0.2) is 6.10 Å². The van der Waals surface area contributed by atoms with E-state index < -0.39 is 18.3 Å². The van der Waals surface area contributed by atoms with E-state index in [1.807, 2.05) is 0 Å².